The molecule has 1 aromatic heterocycles. The number of nitrogens with zero attached hydrogens (tertiary/aromatic N) is 3. The van der Waals surface area contributed by atoms with Crippen LogP contribution in [0.15, 0.2) is 6.20 Å². The van der Waals surface area contributed by atoms with Crippen molar-refractivity contribution in [3.63, 3.8) is 0 Å². The molecule has 0 saturated heterocycles. The molecule has 2 N–H and O–H groups in total. The molecule has 0 aromatic carbocycles. The monoisotopic (exact) mass is 300 g/mol. The Hall–Kier alpha value is -0.950. The van der Waals surface area contributed by atoms with Gasteiger partial charge in [-0.3, -0.25) is 0 Å². The van der Waals surface area contributed by atoms with Gasteiger partial charge in [-0.05, 0) is 25.7 Å². The first-order chi connectivity index (χ1) is 9.41. The minimum absolute atomic E-state index is 0.0805. The van der Waals surface area contributed by atoms with Crippen LogP contribution in [-0.2, 0) is 9.84 Å². The van der Waals surface area contributed by atoms with Gasteiger partial charge in [-0.2, -0.15) is 0 Å². The van der Waals surface area contributed by atoms with Gasteiger partial charge in [0.05, 0.1) is 29.2 Å². The lowest BCUT2D eigenvalue weighted by Crippen LogP contribution is -2.29. The van der Waals surface area contributed by atoms with Gasteiger partial charge in [-0.1, -0.05) is 25.0 Å². The molecule has 114 valence electrons. The highest BCUT2D eigenvalue weighted by Gasteiger charge is 2.30. The van der Waals surface area contributed by atoms with Crippen LogP contribution in [0.1, 0.15) is 63.2 Å². The molecule has 3 atom stereocenters. The second kappa shape index (κ2) is 6.22. The largest absolute Gasteiger partial charge is 0.323 e. The summed E-state index contributed by atoms with van der Waals surface area (Å²) in [5, 5.41) is 8.04. The molecule has 7 heteroatoms. The number of rotatable bonds is 5. The summed E-state index contributed by atoms with van der Waals surface area (Å²) >= 11 is 0. The van der Waals surface area contributed by atoms with E-state index >= 15 is 0 Å². The molecule has 6 nitrogen and oxygen atoms in total. The molecule has 0 amide bonds. The van der Waals surface area contributed by atoms with Gasteiger partial charge in [0, 0.05) is 6.26 Å². The predicted molar refractivity (Wildman–Crippen MR) is 78.0 cm³/mol. The van der Waals surface area contributed by atoms with E-state index in [-0.39, 0.29) is 17.3 Å². The third-order valence-corrected chi connectivity index (χ3v) is 5.72. The minimum atomic E-state index is -2.97. The second-order valence-corrected chi connectivity index (χ2v) is 8.12. The summed E-state index contributed by atoms with van der Waals surface area (Å²) in [6.07, 6.45) is 8.36. The Morgan fingerprint density at radius 3 is 2.90 bits per heavy atom. The zero-order valence-electron chi connectivity index (χ0n) is 12.2. The first-order valence-corrected chi connectivity index (χ1v) is 9.23. The van der Waals surface area contributed by atoms with Gasteiger partial charge >= 0.3 is 0 Å². The molecule has 0 spiro atoms. The van der Waals surface area contributed by atoms with Crippen LogP contribution in [0.5, 0.6) is 0 Å². The fourth-order valence-corrected chi connectivity index (χ4v) is 4.01. The molecule has 1 aliphatic carbocycles. The lowest BCUT2D eigenvalue weighted by molar-refractivity contribution is 0.324. The van der Waals surface area contributed by atoms with Crippen LogP contribution in [0, 0.1) is 0 Å². The maximum Gasteiger partial charge on any atom is 0.150 e. The Kier molecular flexibility index (Phi) is 4.80. The van der Waals surface area contributed by atoms with Crippen molar-refractivity contribution in [3.05, 3.63) is 11.9 Å². The van der Waals surface area contributed by atoms with Crippen molar-refractivity contribution in [3.8, 4) is 0 Å². The van der Waals surface area contributed by atoms with E-state index in [1.807, 2.05) is 10.9 Å². The Bertz CT molecular complexity index is 540. The van der Waals surface area contributed by atoms with Crippen LogP contribution in [-0.4, -0.2) is 34.9 Å². The Morgan fingerprint density at radius 1 is 1.50 bits per heavy atom. The summed E-state index contributed by atoms with van der Waals surface area (Å²) in [5.74, 6) is 0. The Balaban J connectivity index is 2.08. The molecular formula is C13H24N4O2S. The van der Waals surface area contributed by atoms with E-state index in [2.05, 4.69) is 17.2 Å². The lowest BCUT2D eigenvalue weighted by atomic mass is 9.95. The highest BCUT2D eigenvalue weighted by molar-refractivity contribution is 7.91. The summed E-state index contributed by atoms with van der Waals surface area (Å²) in [4.78, 5) is 0. The highest BCUT2D eigenvalue weighted by Crippen LogP contribution is 2.31. The van der Waals surface area contributed by atoms with Crippen molar-refractivity contribution in [2.75, 3.05) is 6.26 Å². The van der Waals surface area contributed by atoms with E-state index in [0.29, 0.717) is 6.42 Å². The van der Waals surface area contributed by atoms with Gasteiger partial charge in [0.1, 0.15) is 9.84 Å². The lowest BCUT2D eigenvalue weighted by Gasteiger charge is -2.27. The molecule has 1 heterocycles. The quantitative estimate of drug-likeness (QED) is 0.892. The van der Waals surface area contributed by atoms with Crippen molar-refractivity contribution >= 4 is 9.84 Å². The van der Waals surface area contributed by atoms with Crippen molar-refractivity contribution in [2.45, 2.75) is 62.8 Å². The molecule has 3 unspecified atom stereocenters. The minimum Gasteiger partial charge on any atom is -0.323 e. The first-order valence-electron chi connectivity index (χ1n) is 7.28. The molecule has 1 aromatic rings. The number of hydrogen-bond donors (Lipinski definition) is 1. The summed E-state index contributed by atoms with van der Waals surface area (Å²) in [6.45, 7) is 2.09. The SMILES string of the molecule is CCCC(N)c1cn(C2CCCC(S(C)(=O)=O)C2)nn1. The van der Waals surface area contributed by atoms with Crippen LogP contribution in [0.3, 0.4) is 0 Å². The van der Waals surface area contributed by atoms with Crippen molar-refractivity contribution < 1.29 is 8.42 Å². The topological polar surface area (TPSA) is 90.9 Å². The molecule has 20 heavy (non-hydrogen) atoms. The molecule has 1 aliphatic rings. The fraction of sp³-hybridized carbons (Fsp3) is 0.846. The number of aromatic nitrogens is 3. The molecule has 2 rings (SSSR count). The van der Waals surface area contributed by atoms with Crippen LogP contribution in [0.2, 0.25) is 0 Å². The third kappa shape index (κ3) is 3.58. The van der Waals surface area contributed by atoms with Gasteiger partial charge in [0.2, 0.25) is 0 Å². The van der Waals surface area contributed by atoms with Crippen LogP contribution >= 0.6 is 0 Å². The average Bonchev–Trinajstić information content (AvgIpc) is 2.88. The Morgan fingerprint density at radius 2 is 2.25 bits per heavy atom. The van der Waals surface area contributed by atoms with Gasteiger partial charge in [-0.15, -0.1) is 5.10 Å². The van der Waals surface area contributed by atoms with Gasteiger partial charge in [0.15, 0.2) is 0 Å². The first kappa shape index (κ1) is 15.4. The normalized spacial score (nSPS) is 25.6. The summed E-state index contributed by atoms with van der Waals surface area (Å²) in [7, 11) is -2.97. The maximum atomic E-state index is 11.7. The van der Waals surface area contributed by atoms with E-state index in [0.717, 1.165) is 37.8 Å². The molecule has 1 saturated carbocycles. The van der Waals surface area contributed by atoms with E-state index in [4.69, 9.17) is 5.73 Å². The molecular weight excluding hydrogens is 276 g/mol. The molecule has 0 radical (unpaired) electrons. The fourth-order valence-electron chi connectivity index (χ4n) is 2.85. The maximum absolute atomic E-state index is 11.7. The Labute approximate surface area is 120 Å². The van der Waals surface area contributed by atoms with Crippen LogP contribution < -0.4 is 5.73 Å². The van der Waals surface area contributed by atoms with Gasteiger partial charge < -0.3 is 5.73 Å². The highest BCUT2D eigenvalue weighted by atomic mass is 32.2. The van der Waals surface area contributed by atoms with E-state index in [1.54, 1.807) is 0 Å². The van der Waals surface area contributed by atoms with Crippen LogP contribution in [0.25, 0.3) is 0 Å². The predicted octanol–water partition coefficient (Wildman–Crippen LogP) is 1.61. The summed E-state index contributed by atoms with van der Waals surface area (Å²) < 4.78 is 25.2. The number of sulfone groups is 1. The molecule has 0 aliphatic heterocycles. The van der Waals surface area contributed by atoms with E-state index < -0.39 is 9.84 Å². The summed E-state index contributed by atoms with van der Waals surface area (Å²) in [5.41, 5.74) is 6.83. The smallest absolute Gasteiger partial charge is 0.150 e. The zero-order chi connectivity index (χ0) is 14.8. The second-order valence-electron chi connectivity index (χ2n) is 5.79. The van der Waals surface area contributed by atoms with Crippen molar-refractivity contribution in [2.24, 2.45) is 5.73 Å². The average molecular weight is 300 g/mol. The van der Waals surface area contributed by atoms with Crippen molar-refractivity contribution in [1.29, 1.82) is 0 Å². The standard InChI is InChI=1S/C13H24N4O2S/c1-3-5-12(14)13-9-17(16-15-13)10-6-4-7-11(8-10)20(2,18)19/h9-12H,3-8,14H2,1-2H3. The van der Waals surface area contributed by atoms with E-state index in [1.165, 1.54) is 6.26 Å². The number of nitrogens with two attached hydrogens (primary N) is 1. The summed E-state index contributed by atoms with van der Waals surface area (Å²) in [6, 6.07) is 0.0431. The third-order valence-electron chi connectivity index (χ3n) is 4.09. The number of hydrogen-bond acceptors (Lipinski definition) is 5. The van der Waals surface area contributed by atoms with E-state index in [9.17, 15) is 8.42 Å². The molecule has 1 fully saturated rings. The molecule has 0 bridgehead atoms. The van der Waals surface area contributed by atoms with Gasteiger partial charge in [0.25, 0.3) is 0 Å². The van der Waals surface area contributed by atoms with Crippen LogP contribution in [0.4, 0.5) is 0 Å². The van der Waals surface area contributed by atoms with Crippen molar-refractivity contribution in [1.82, 2.24) is 15.0 Å². The van der Waals surface area contributed by atoms with Gasteiger partial charge in [-0.25, -0.2) is 13.1 Å². The zero-order valence-corrected chi connectivity index (χ0v) is 13.0.